The van der Waals surface area contributed by atoms with Crippen LogP contribution in [0.3, 0.4) is 0 Å². The summed E-state index contributed by atoms with van der Waals surface area (Å²) in [6.07, 6.45) is 5.70. The van der Waals surface area contributed by atoms with Crippen LogP contribution in [-0.2, 0) is 11.8 Å². The van der Waals surface area contributed by atoms with Crippen LogP contribution in [0, 0.1) is 0 Å². The average Bonchev–Trinajstić information content (AvgIpc) is 3.02. The fraction of sp³-hybridized carbons (Fsp3) is 0.444. The highest BCUT2D eigenvalue weighted by Gasteiger charge is 2.26. The van der Waals surface area contributed by atoms with Gasteiger partial charge in [-0.15, -0.1) is 0 Å². The molecule has 0 bridgehead atoms. The highest BCUT2D eigenvalue weighted by atomic mass is 16.2. The highest BCUT2D eigenvalue weighted by molar-refractivity contribution is 5.83. The van der Waals surface area contributed by atoms with Crippen LogP contribution < -0.4 is 15.5 Å². The minimum Gasteiger partial charge on any atom is -0.369 e. The number of hydrogen-bond acceptors (Lipinski definition) is 4. The summed E-state index contributed by atoms with van der Waals surface area (Å²) in [6.45, 7) is 1.88. The molecule has 0 spiro atoms. The lowest BCUT2D eigenvalue weighted by Crippen LogP contribution is -2.50. The maximum Gasteiger partial charge on any atom is 0.242 e. The Morgan fingerprint density at radius 3 is 2.79 bits per heavy atom. The van der Waals surface area contributed by atoms with Crippen molar-refractivity contribution < 1.29 is 4.79 Å². The largest absolute Gasteiger partial charge is 0.369 e. The van der Waals surface area contributed by atoms with Gasteiger partial charge < -0.3 is 15.5 Å². The van der Waals surface area contributed by atoms with Crippen molar-refractivity contribution in [2.24, 2.45) is 7.05 Å². The zero-order valence-corrected chi connectivity index (χ0v) is 14.3. The van der Waals surface area contributed by atoms with Crippen LogP contribution in [0.1, 0.15) is 24.4 Å². The van der Waals surface area contributed by atoms with Crippen molar-refractivity contribution in [1.82, 2.24) is 20.4 Å². The number of amides is 1. The van der Waals surface area contributed by atoms with Gasteiger partial charge in [-0.25, -0.2) is 0 Å². The van der Waals surface area contributed by atoms with Gasteiger partial charge in [0.15, 0.2) is 0 Å². The fourth-order valence-electron chi connectivity index (χ4n) is 3.29. The van der Waals surface area contributed by atoms with Gasteiger partial charge in [-0.2, -0.15) is 5.10 Å². The molecule has 2 atom stereocenters. The Bertz CT molecular complexity index is 669. The topological polar surface area (TPSA) is 62.2 Å². The number of carbonyl (C=O) groups excluding carboxylic acids is 1. The summed E-state index contributed by atoms with van der Waals surface area (Å²) in [5.41, 5.74) is 2.10. The number of likely N-dealkylation sites (N-methyl/N-ethyl adjacent to an activating group) is 1. The second kappa shape index (κ2) is 7.49. The summed E-state index contributed by atoms with van der Waals surface area (Å²) in [7, 11) is 3.65. The minimum absolute atomic E-state index is 0.00501. The van der Waals surface area contributed by atoms with Crippen molar-refractivity contribution in [3.05, 3.63) is 48.3 Å². The Morgan fingerprint density at radius 2 is 2.12 bits per heavy atom. The van der Waals surface area contributed by atoms with E-state index in [2.05, 4.69) is 44.9 Å². The van der Waals surface area contributed by atoms with Gasteiger partial charge in [0.05, 0.1) is 6.20 Å². The molecule has 24 heavy (non-hydrogen) atoms. The maximum absolute atomic E-state index is 12.7. The lowest BCUT2D eigenvalue weighted by molar-refractivity contribution is -0.123. The standard InChI is InChI=1S/C18H25N5O/c1-19-17(14-11-20-22(2)12-14)18(24)21-15-7-6-10-23(13-15)16-8-4-3-5-9-16/h3-5,8-9,11-12,15,17,19H,6-7,10,13H2,1-2H3,(H,21,24). The Labute approximate surface area is 142 Å². The van der Waals surface area contributed by atoms with Crippen molar-refractivity contribution in [2.45, 2.75) is 24.9 Å². The van der Waals surface area contributed by atoms with Crippen LogP contribution in [0.15, 0.2) is 42.7 Å². The van der Waals surface area contributed by atoms with Crippen molar-refractivity contribution >= 4 is 11.6 Å². The second-order valence-corrected chi connectivity index (χ2v) is 6.30. The van der Waals surface area contributed by atoms with Crippen LogP contribution in [0.4, 0.5) is 5.69 Å². The molecule has 128 valence electrons. The summed E-state index contributed by atoms with van der Waals surface area (Å²) in [5, 5.41) is 10.4. The quantitative estimate of drug-likeness (QED) is 0.873. The molecule has 2 heterocycles. The first-order valence-corrected chi connectivity index (χ1v) is 8.43. The summed E-state index contributed by atoms with van der Waals surface area (Å²) in [5.74, 6) is 0.00501. The van der Waals surface area contributed by atoms with Gasteiger partial charge in [-0.1, -0.05) is 18.2 Å². The molecule has 1 amide bonds. The Hall–Kier alpha value is -2.34. The number of para-hydroxylation sites is 1. The van der Waals surface area contributed by atoms with E-state index in [4.69, 9.17) is 0 Å². The summed E-state index contributed by atoms with van der Waals surface area (Å²) >= 11 is 0. The van der Waals surface area contributed by atoms with Crippen LogP contribution in [0.2, 0.25) is 0 Å². The zero-order chi connectivity index (χ0) is 16.9. The van der Waals surface area contributed by atoms with Crippen LogP contribution >= 0.6 is 0 Å². The van der Waals surface area contributed by atoms with Crippen molar-refractivity contribution in [1.29, 1.82) is 0 Å². The number of aryl methyl sites for hydroxylation is 1. The van der Waals surface area contributed by atoms with Gasteiger partial charge >= 0.3 is 0 Å². The summed E-state index contributed by atoms with van der Waals surface area (Å²) in [6, 6.07) is 10.2. The third-order valence-corrected chi connectivity index (χ3v) is 4.50. The molecule has 1 aliphatic heterocycles. The first-order valence-electron chi connectivity index (χ1n) is 8.43. The molecular weight excluding hydrogens is 302 g/mol. The number of benzene rings is 1. The molecular formula is C18H25N5O. The van der Waals surface area contributed by atoms with E-state index < -0.39 is 0 Å². The number of carbonyl (C=O) groups is 1. The second-order valence-electron chi connectivity index (χ2n) is 6.30. The van der Waals surface area contributed by atoms with E-state index in [0.29, 0.717) is 0 Å². The molecule has 1 aromatic carbocycles. The van der Waals surface area contributed by atoms with E-state index in [1.807, 2.05) is 19.3 Å². The molecule has 6 nitrogen and oxygen atoms in total. The SMILES string of the molecule is CNC(C(=O)NC1CCCN(c2ccccc2)C1)c1cnn(C)c1. The van der Waals surface area contributed by atoms with Crippen molar-refractivity contribution in [2.75, 3.05) is 25.0 Å². The first-order chi connectivity index (χ1) is 11.7. The van der Waals surface area contributed by atoms with Gasteiger partial charge in [0.2, 0.25) is 5.91 Å². The van der Waals surface area contributed by atoms with E-state index in [-0.39, 0.29) is 18.0 Å². The van der Waals surface area contributed by atoms with Gasteiger partial charge in [0, 0.05) is 43.6 Å². The van der Waals surface area contributed by atoms with Gasteiger partial charge in [0.1, 0.15) is 6.04 Å². The first kappa shape index (κ1) is 16.5. The fourth-order valence-corrected chi connectivity index (χ4v) is 3.29. The number of anilines is 1. The average molecular weight is 327 g/mol. The molecule has 0 aliphatic carbocycles. The monoisotopic (exact) mass is 327 g/mol. The zero-order valence-electron chi connectivity index (χ0n) is 14.3. The van der Waals surface area contributed by atoms with Crippen LogP contribution in [0.5, 0.6) is 0 Å². The molecule has 1 saturated heterocycles. The molecule has 0 saturated carbocycles. The summed E-state index contributed by atoms with van der Waals surface area (Å²) < 4.78 is 1.71. The third kappa shape index (κ3) is 3.76. The van der Waals surface area contributed by atoms with Gasteiger partial charge in [-0.05, 0) is 32.0 Å². The molecule has 2 N–H and O–H groups in total. The number of rotatable bonds is 5. The molecule has 0 radical (unpaired) electrons. The Balaban J connectivity index is 1.63. The van der Waals surface area contributed by atoms with Crippen molar-refractivity contribution in [3.63, 3.8) is 0 Å². The third-order valence-electron chi connectivity index (χ3n) is 4.50. The molecule has 3 rings (SSSR count). The number of aromatic nitrogens is 2. The molecule has 2 unspecified atom stereocenters. The van der Waals surface area contributed by atoms with Crippen LogP contribution in [0.25, 0.3) is 0 Å². The predicted octanol–water partition coefficient (Wildman–Crippen LogP) is 1.47. The normalized spacial score (nSPS) is 19.1. The Morgan fingerprint density at radius 1 is 1.33 bits per heavy atom. The van der Waals surface area contributed by atoms with Gasteiger partial charge in [0.25, 0.3) is 0 Å². The van der Waals surface area contributed by atoms with Crippen LogP contribution in [-0.4, -0.2) is 41.9 Å². The molecule has 6 heteroatoms. The number of nitrogens with one attached hydrogen (secondary N) is 2. The molecule has 1 fully saturated rings. The smallest absolute Gasteiger partial charge is 0.242 e. The van der Waals surface area contributed by atoms with E-state index in [9.17, 15) is 4.79 Å². The van der Waals surface area contributed by atoms with E-state index in [1.54, 1.807) is 17.9 Å². The highest BCUT2D eigenvalue weighted by Crippen LogP contribution is 2.20. The summed E-state index contributed by atoms with van der Waals surface area (Å²) in [4.78, 5) is 15.0. The Kier molecular flexibility index (Phi) is 5.15. The lowest BCUT2D eigenvalue weighted by atomic mass is 10.0. The predicted molar refractivity (Wildman–Crippen MR) is 94.8 cm³/mol. The van der Waals surface area contributed by atoms with Crippen molar-refractivity contribution in [3.8, 4) is 0 Å². The number of hydrogen-bond donors (Lipinski definition) is 2. The van der Waals surface area contributed by atoms with Gasteiger partial charge in [-0.3, -0.25) is 9.48 Å². The minimum atomic E-state index is -0.370. The maximum atomic E-state index is 12.7. The molecule has 2 aromatic rings. The molecule has 1 aliphatic rings. The molecule has 1 aromatic heterocycles. The number of nitrogens with zero attached hydrogens (tertiary/aromatic N) is 3. The lowest BCUT2D eigenvalue weighted by Gasteiger charge is -2.35. The van der Waals surface area contributed by atoms with E-state index in [0.717, 1.165) is 31.5 Å². The van der Waals surface area contributed by atoms with E-state index >= 15 is 0 Å². The number of piperidine rings is 1. The van der Waals surface area contributed by atoms with E-state index in [1.165, 1.54) is 5.69 Å².